The largest absolute Gasteiger partial charge is 0.416 e. The van der Waals surface area contributed by atoms with Crippen LogP contribution in [0.5, 0.6) is 0 Å². The smallest absolute Gasteiger partial charge is 0.294 e. The molecule has 3 heterocycles. The van der Waals surface area contributed by atoms with Gasteiger partial charge < -0.3 is 0 Å². The highest BCUT2D eigenvalue weighted by Crippen LogP contribution is 2.35. The van der Waals surface area contributed by atoms with E-state index in [1.54, 1.807) is 59.4 Å². The summed E-state index contributed by atoms with van der Waals surface area (Å²) < 4.78 is 43.9. The Morgan fingerprint density at radius 3 is 2.37 bits per heavy atom. The molecule has 0 saturated carbocycles. The summed E-state index contributed by atoms with van der Waals surface area (Å²) in [5.74, 6) is 4.37. The molecule has 0 fully saturated rings. The topological polar surface area (TPSA) is 84.6 Å². The van der Waals surface area contributed by atoms with Crippen LogP contribution in [0.15, 0.2) is 85.2 Å². The summed E-state index contributed by atoms with van der Waals surface area (Å²) in [7, 11) is 0. The molecule has 1 aliphatic heterocycles. The zero-order valence-corrected chi connectivity index (χ0v) is 22.6. The second-order valence-corrected chi connectivity index (χ2v) is 10.0. The molecular weight excluding hydrogens is 557 g/mol. The van der Waals surface area contributed by atoms with Gasteiger partial charge in [0.2, 0.25) is 0 Å². The number of hydrogen-bond donors (Lipinski definition) is 0. The second-order valence-electron chi connectivity index (χ2n) is 10.0. The van der Waals surface area contributed by atoms with Crippen molar-refractivity contribution >= 4 is 23.2 Å². The number of fused-ring (bicyclic) bond motifs is 2. The van der Waals surface area contributed by atoms with Crippen molar-refractivity contribution in [1.29, 1.82) is 0 Å². The molecule has 7 nitrogen and oxygen atoms in total. The van der Waals surface area contributed by atoms with Crippen LogP contribution < -0.4 is 0 Å². The fourth-order valence-electron chi connectivity index (χ4n) is 4.95. The number of hydrogen-bond acceptors (Lipinski definition) is 5. The second kappa shape index (κ2) is 10.7. The third-order valence-electron chi connectivity index (χ3n) is 7.21. The molecule has 1 aliphatic rings. The van der Waals surface area contributed by atoms with E-state index in [4.69, 9.17) is 0 Å². The highest BCUT2D eigenvalue weighted by atomic mass is 19.4. The van der Waals surface area contributed by atoms with Gasteiger partial charge in [-0.05, 0) is 65.9 Å². The van der Waals surface area contributed by atoms with Crippen molar-refractivity contribution < 1.29 is 27.6 Å². The van der Waals surface area contributed by atoms with Gasteiger partial charge >= 0.3 is 6.18 Å². The van der Waals surface area contributed by atoms with Crippen LogP contribution in [0.1, 0.15) is 64.6 Å². The van der Waals surface area contributed by atoms with Crippen molar-refractivity contribution in [2.75, 3.05) is 0 Å². The number of imidazole rings is 1. The minimum atomic E-state index is -4.77. The van der Waals surface area contributed by atoms with Crippen LogP contribution in [0.3, 0.4) is 0 Å². The number of aryl methyl sites for hydroxylation is 1. The Hall–Kier alpha value is -5.56. The molecule has 0 unspecified atom stereocenters. The molecular formula is C33H21F3N4O3. The number of nitrogens with zero attached hydrogens (tertiary/aromatic N) is 4. The van der Waals surface area contributed by atoms with Crippen LogP contribution in [0, 0.1) is 18.8 Å². The maximum atomic E-state index is 14.1. The van der Waals surface area contributed by atoms with Gasteiger partial charge in [-0.2, -0.15) is 18.3 Å². The van der Waals surface area contributed by atoms with Crippen molar-refractivity contribution in [2.24, 2.45) is 0 Å². The third kappa shape index (κ3) is 5.28. The number of rotatable bonds is 5. The number of aromatic nitrogens is 3. The first-order chi connectivity index (χ1) is 20.6. The fourth-order valence-corrected chi connectivity index (χ4v) is 4.95. The number of imide groups is 1. The SMILES string of the molecule is Cc1ccc(C(=O)Cc2ccc(CN3C(=O)c4ccccc4C3=O)c(C(F)(F)F)c2)cc1C#Cc1cnc2cccnn12. The van der Waals surface area contributed by atoms with Crippen LogP contribution in [-0.2, 0) is 19.1 Å². The number of carbonyl (C=O) groups is 3. The van der Waals surface area contributed by atoms with E-state index in [1.807, 2.05) is 6.92 Å². The molecule has 0 bridgehead atoms. The van der Waals surface area contributed by atoms with E-state index in [0.717, 1.165) is 16.5 Å². The highest BCUT2D eigenvalue weighted by molar-refractivity contribution is 6.21. The zero-order valence-electron chi connectivity index (χ0n) is 22.6. The lowest BCUT2D eigenvalue weighted by atomic mass is 9.96. The number of ketones is 1. The van der Waals surface area contributed by atoms with E-state index in [9.17, 15) is 27.6 Å². The lowest BCUT2D eigenvalue weighted by Crippen LogP contribution is -2.30. The van der Waals surface area contributed by atoms with E-state index in [0.29, 0.717) is 22.5 Å². The Morgan fingerprint density at radius 2 is 1.65 bits per heavy atom. The Kier molecular flexibility index (Phi) is 6.86. The van der Waals surface area contributed by atoms with E-state index in [1.165, 1.54) is 24.3 Å². The van der Waals surface area contributed by atoms with Crippen LogP contribution in [0.2, 0.25) is 0 Å². The number of alkyl halides is 3. The number of halogens is 3. The van der Waals surface area contributed by atoms with E-state index >= 15 is 0 Å². The van der Waals surface area contributed by atoms with Crippen molar-refractivity contribution in [3.63, 3.8) is 0 Å². The van der Waals surface area contributed by atoms with Gasteiger partial charge in [0.15, 0.2) is 11.4 Å². The standard InChI is InChI=1S/C33H21F3N4O3/c1-20-8-10-23(17-22(20)12-13-25-18-37-30-7-4-14-38-40(25)30)29(41)16-21-9-11-24(28(15-21)33(34,35)36)19-39-31(42)26-5-2-3-6-27(26)32(39)43/h2-11,14-15,17-18H,16,19H2,1H3. The van der Waals surface area contributed by atoms with Gasteiger partial charge in [-0.1, -0.05) is 42.3 Å². The van der Waals surface area contributed by atoms with E-state index < -0.39 is 30.1 Å². The van der Waals surface area contributed by atoms with Crippen molar-refractivity contribution in [2.45, 2.75) is 26.1 Å². The highest BCUT2D eigenvalue weighted by Gasteiger charge is 2.38. The molecule has 0 N–H and O–H groups in total. The minimum absolute atomic E-state index is 0.147. The first-order valence-electron chi connectivity index (χ1n) is 13.2. The molecule has 0 spiro atoms. The average Bonchev–Trinajstić information content (AvgIpc) is 3.51. The number of carbonyl (C=O) groups excluding carboxylic acids is 3. The molecule has 0 radical (unpaired) electrons. The Morgan fingerprint density at radius 1 is 0.907 bits per heavy atom. The predicted octanol–water partition coefficient (Wildman–Crippen LogP) is 5.68. The van der Waals surface area contributed by atoms with Crippen molar-refractivity contribution in [1.82, 2.24) is 19.5 Å². The minimum Gasteiger partial charge on any atom is -0.294 e. The molecule has 10 heteroatoms. The molecule has 43 heavy (non-hydrogen) atoms. The van der Waals surface area contributed by atoms with Gasteiger partial charge in [0, 0.05) is 23.7 Å². The summed E-state index contributed by atoms with van der Waals surface area (Å²) in [5.41, 5.74) is 2.11. The zero-order chi connectivity index (χ0) is 30.3. The van der Waals surface area contributed by atoms with Gasteiger partial charge in [-0.15, -0.1) is 0 Å². The van der Waals surface area contributed by atoms with E-state index in [2.05, 4.69) is 21.9 Å². The molecule has 3 aromatic carbocycles. The van der Waals surface area contributed by atoms with Crippen LogP contribution in [-0.4, -0.2) is 37.1 Å². The van der Waals surface area contributed by atoms with Crippen LogP contribution in [0.25, 0.3) is 5.65 Å². The van der Waals surface area contributed by atoms with Gasteiger partial charge in [-0.25, -0.2) is 9.50 Å². The summed E-state index contributed by atoms with van der Waals surface area (Å²) in [6.07, 6.45) is -1.85. The first kappa shape index (κ1) is 27.6. The van der Waals surface area contributed by atoms with E-state index in [-0.39, 0.29) is 34.5 Å². The summed E-state index contributed by atoms with van der Waals surface area (Å²) in [5, 5.41) is 4.23. The molecule has 0 saturated heterocycles. The quantitative estimate of drug-likeness (QED) is 0.152. The molecule has 212 valence electrons. The van der Waals surface area contributed by atoms with Crippen LogP contribution >= 0.6 is 0 Å². The Bertz CT molecular complexity index is 1980. The molecule has 2 aromatic heterocycles. The summed E-state index contributed by atoms with van der Waals surface area (Å²) in [6, 6.07) is 18.1. The van der Waals surface area contributed by atoms with Crippen molar-refractivity contribution in [3.8, 4) is 11.8 Å². The Labute approximate surface area is 243 Å². The maximum absolute atomic E-state index is 14.1. The summed E-state index contributed by atoms with van der Waals surface area (Å²) >= 11 is 0. The monoisotopic (exact) mass is 578 g/mol. The van der Waals surface area contributed by atoms with Gasteiger partial charge in [-0.3, -0.25) is 19.3 Å². The third-order valence-corrected chi connectivity index (χ3v) is 7.21. The molecule has 0 atom stereocenters. The molecule has 6 rings (SSSR count). The molecule has 0 aliphatic carbocycles. The summed E-state index contributed by atoms with van der Waals surface area (Å²) in [4.78, 5) is 43.7. The predicted molar refractivity (Wildman–Crippen MR) is 150 cm³/mol. The van der Waals surface area contributed by atoms with Gasteiger partial charge in [0.25, 0.3) is 11.8 Å². The first-order valence-corrected chi connectivity index (χ1v) is 13.2. The fraction of sp³-hybridized carbons (Fsp3) is 0.121. The van der Waals surface area contributed by atoms with Gasteiger partial charge in [0.05, 0.1) is 29.4 Å². The number of Topliss-reactive ketones (excluding diaryl/α,β-unsaturated/α-hetero) is 1. The van der Waals surface area contributed by atoms with Crippen LogP contribution in [0.4, 0.5) is 13.2 Å². The Balaban J connectivity index is 1.24. The number of benzene rings is 3. The normalized spacial score (nSPS) is 12.8. The molecule has 2 amide bonds. The average molecular weight is 579 g/mol. The van der Waals surface area contributed by atoms with Gasteiger partial charge in [0.1, 0.15) is 5.69 Å². The number of amides is 2. The lowest BCUT2D eigenvalue weighted by Gasteiger charge is -2.19. The maximum Gasteiger partial charge on any atom is 0.416 e. The molecule has 5 aromatic rings. The summed E-state index contributed by atoms with van der Waals surface area (Å²) in [6.45, 7) is 1.30. The lowest BCUT2D eigenvalue weighted by molar-refractivity contribution is -0.138. The van der Waals surface area contributed by atoms with Crippen molar-refractivity contribution in [3.05, 3.63) is 135 Å².